The highest BCUT2D eigenvalue weighted by Gasteiger charge is 2.26. The van der Waals surface area contributed by atoms with Gasteiger partial charge < -0.3 is 19.5 Å². The second kappa shape index (κ2) is 7.00. The van der Waals surface area contributed by atoms with Crippen LogP contribution in [0.3, 0.4) is 0 Å². The van der Waals surface area contributed by atoms with Crippen LogP contribution in [0.15, 0.2) is 24.3 Å². The fraction of sp³-hybridized carbons (Fsp3) is 0.462. The van der Waals surface area contributed by atoms with Gasteiger partial charge in [0.1, 0.15) is 5.75 Å². The highest BCUT2D eigenvalue weighted by Crippen LogP contribution is 2.17. The first-order valence-electron chi connectivity index (χ1n) is 6.47. The number of morpholine rings is 1. The predicted molar refractivity (Wildman–Crippen MR) is 72.0 cm³/mol. The van der Waals surface area contributed by atoms with Crippen molar-refractivity contribution in [2.45, 2.75) is 6.04 Å². The second-order valence-corrected chi connectivity index (χ2v) is 4.54. The maximum atomic E-state index is 12.0. The van der Waals surface area contributed by atoms with Crippen LogP contribution in [-0.2, 0) is 9.53 Å². The number of nitrogens with zero attached hydrogens (tertiary/aromatic N) is 2. The topological polar surface area (TPSA) is 102 Å². The molecule has 21 heavy (non-hydrogen) atoms. The van der Waals surface area contributed by atoms with E-state index in [0.29, 0.717) is 25.5 Å². The Morgan fingerprint density at radius 2 is 2.19 bits per heavy atom. The molecule has 1 heterocycles. The molecule has 0 radical (unpaired) electrons. The Kier molecular flexibility index (Phi) is 5.07. The van der Waals surface area contributed by atoms with Gasteiger partial charge in [0.15, 0.2) is 6.61 Å². The minimum Gasteiger partial charge on any atom is -0.484 e. The number of rotatable bonds is 5. The van der Waals surface area contributed by atoms with E-state index in [1.54, 1.807) is 0 Å². The lowest BCUT2D eigenvalue weighted by atomic mass is 10.2. The number of nitro benzene ring substituents is 1. The molecule has 8 nitrogen and oxygen atoms in total. The summed E-state index contributed by atoms with van der Waals surface area (Å²) in [6.45, 7) is 0.796. The first-order valence-corrected chi connectivity index (χ1v) is 6.47. The molecule has 1 aliphatic rings. The summed E-state index contributed by atoms with van der Waals surface area (Å²) in [5, 5.41) is 19.7. The number of carbonyl (C=O) groups is 1. The van der Waals surface area contributed by atoms with E-state index in [1.165, 1.54) is 29.2 Å². The molecule has 8 heteroatoms. The Hall–Kier alpha value is -2.19. The second-order valence-electron chi connectivity index (χ2n) is 4.54. The van der Waals surface area contributed by atoms with E-state index in [0.717, 1.165) is 0 Å². The molecule has 1 atom stereocenters. The molecule has 1 N–H and O–H groups in total. The first-order chi connectivity index (χ1) is 10.1. The van der Waals surface area contributed by atoms with Crippen molar-refractivity contribution >= 4 is 11.6 Å². The normalized spacial score (nSPS) is 18.3. The fourth-order valence-electron chi connectivity index (χ4n) is 2.03. The van der Waals surface area contributed by atoms with Gasteiger partial charge in [0.25, 0.3) is 11.6 Å². The van der Waals surface area contributed by atoms with E-state index < -0.39 is 4.92 Å². The Balaban J connectivity index is 1.89. The molecule has 0 spiro atoms. The molecule has 0 aromatic heterocycles. The number of aliphatic hydroxyl groups excluding tert-OH is 1. The highest BCUT2D eigenvalue weighted by molar-refractivity contribution is 5.78. The molecule has 1 aromatic rings. The summed E-state index contributed by atoms with van der Waals surface area (Å²) in [5.74, 6) is 0.124. The monoisotopic (exact) mass is 296 g/mol. The molecule has 0 aliphatic carbocycles. The molecule has 1 amide bonds. The molecule has 0 bridgehead atoms. The van der Waals surface area contributed by atoms with Gasteiger partial charge in [-0.05, 0) is 12.1 Å². The molecule has 0 saturated carbocycles. The molecule has 1 aromatic carbocycles. The zero-order valence-corrected chi connectivity index (χ0v) is 11.3. The number of carbonyl (C=O) groups excluding carboxylic acids is 1. The average molecular weight is 296 g/mol. The smallest absolute Gasteiger partial charge is 0.269 e. The van der Waals surface area contributed by atoms with Crippen molar-refractivity contribution in [1.82, 2.24) is 4.90 Å². The number of aliphatic hydroxyl groups is 1. The first kappa shape index (κ1) is 15.2. The van der Waals surface area contributed by atoms with Crippen molar-refractivity contribution in [3.05, 3.63) is 34.4 Å². The Bertz CT molecular complexity index is 504. The maximum Gasteiger partial charge on any atom is 0.269 e. The van der Waals surface area contributed by atoms with Gasteiger partial charge in [-0.3, -0.25) is 14.9 Å². The number of non-ortho nitro benzene ring substituents is 1. The third-order valence-electron chi connectivity index (χ3n) is 3.17. The quantitative estimate of drug-likeness (QED) is 0.615. The Labute approximate surface area is 121 Å². The van der Waals surface area contributed by atoms with Gasteiger partial charge in [-0.2, -0.15) is 0 Å². The van der Waals surface area contributed by atoms with Crippen molar-refractivity contribution in [2.24, 2.45) is 0 Å². The number of nitro groups is 1. The molecular weight excluding hydrogens is 280 g/mol. The van der Waals surface area contributed by atoms with Crippen LogP contribution in [0.25, 0.3) is 0 Å². The van der Waals surface area contributed by atoms with Gasteiger partial charge in [-0.15, -0.1) is 0 Å². The van der Waals surface area contributed by atoms with Crippen LogP contribution in [0.1, 0.15) is 0 Å². The summed E-state index contributed by atoms with van der Waals surface area (Å²) in [6, 6.07) is 5.14. The molecular formula is C13H16N2O6. The van der Waals surface area contributed by atoms with Gasteiger partial charge in [0, 0.05) is 18.7 Å². The lowest BCUT2D eigenvalue weighted by Gasteiger charge is -2.34. The molecule has 114 valence electrons. The van der Waals surface area contributed by atoms with E-state index in [4.69, 9.17) is 9.47 Å². The van der Waals surface area contributed by atoms with Crippen molar-refractivity contribution in [3.8, 4) is 5.75 Å². The van der Waals surface area contributed by atoms with Crippen LogP contribution < -0.4 is 4.74 Å². The minimum absolute atomic E-state index is 0.0396. The van der Waals surface area contributed by atoms with Crippen LogP contribution in [0.5, 0.6) is 5.75 Å². The number of amides is 1. The largest absolute Gasteiger partial charge is 0.484 e. The minimum atomic E-state index is -0.505. The lowest BCUT2D eigenvalue weighted by molar-refractivity contribution is -0.384. The lowest BCUT2D eigenvalue weighted by Crippen LogP contribution is -2.51. The van der Waals surface area contributed by atoms with Crippen molar-refractivity contribution in [1.29, 1.82) is 0 Å². The summed E-state index contributed by atoms with van der Waals surface area (Å²) in [5.41, 5.74) is -0.0396. The van der Waals surface area contributed by atoms with E-state index in [9.17, 15) is 20.0 Å². The van der Waals surface area contributed by atoms with Crippen molar-refractivity contribution < 1.29 is 24.3 Å². The van der Waals surface area contributed by atoms with Gasteiger partial charge >= 0.3 is 0 Å². The van der Waals surface area contributed by atoms with E-state index >= 15 is 0 Å². The maximum absolute atomic E-state index is 12.0. The molecule has 1 aliphatic heterocycles. The molecule has 2 rings (SSSR count). The summed E-state index contributed by atoms with van der Waals surface area (Å²) < 4.78 is 10.5. The number of benzene rings is 1. The summed E-state index contributed by atoms with van der Waals surface area (Å²) in [7, 11) is 0. The third kappa shape index (κ3) is 3.89. The van der Waals surface area contributed by atoms with Crippen LogP contribution >= 0.6 is 0 Å². The molecule has 1 fully saturated rings. The SMILES string of the molecule is O=C(COc1ccc([N+](=O)[O-])cc1)N1CCOCC1CO. The summed E-state index contributed by atoms with van der Waals surface area (Å²) >= 11 is 0. The molecule has 1 saturated heterocycles. The van der Waals surface area contributed by atoms with Gasteiger partial charge in [-0.1, -0.05) is 0 Å². The van der Waals surface area contributed by atoms with Crippen LogP contribution in [0.4, 0.5) is 5.69 Å². The van der Waals surface area contributed by atoms with E-state index in [1.807, 2.05) is 0 Å². The summed E-state index contributed by atoms with van der Waals surface area (Å²) in [4.78, 5) is 23.6. The standard InChI is InChI=1S/C13H16N2O6/c16-7-11-8-20-6-5-14(11)13(17)9-21-12-3-1-10(2-4-12)15(18)19/h1-4,11,16H,5-9H2. The number of hydrogen-bond acceptors (Lipinski definition) is 6. The summed E-state index contributed by atoms with van der Waals surface area (Å²) in [6.07, 6.45) is 0. The zero-order chi connectivity index (χ0) is 15.2. The number of ether oxygens (including phenoxy) is 2. The van der Waals surface area contributed by atoms with E-state index in [-0.39, 0.29) is 30.9 Å². The van der Waals surface area contributed by atoms with Gasteiger partial charge in [-0.25, -0.2) is 0 Å². The highest BCUT2D eigenvalue weighted by atomic mass is 16.6. The Morgan fingerprint density at radius 1 is 1.48 bits per heavy atom. The molecule has 1 unspecified atom stereocenters. The van der Waals surface area contributed by atoms with Crippen LogP contribution in [-0.4, -0.2) is 59.9 Å². The van der Waals surface area contributed by atoms with Crippen LogP contribution in [0, 0.1) is 10.1 Å². The third-order valence-corrected chi connectivity index (χ3v) is 3.17. The van der Waals surface area contributed by atoms with E-state index in [2.05, 4.69) is 0 Å². The number of hydrogen-bond donors (Lipinski definition) is 1. The zero-order valence-electron chi connectivity index (χ0n) is 11.3. The Morgan fingerprint density at radius 3 is 2.81 bits per heavy atom. The van der Waals surface area contributed by atoms with Crippen molar-refractivity contribution in [3.63, 3.8) is 0 Å². The van der Waals surface area contributed by atoms with Crippen LogP contribution in [0.2, 0.25) is 0 Å². The fourth-order valence-corrected chi connectivity index (χ4v) is 2.03. The average Bonchev–Trinajstić information content (AvgIpc) is 2.52. The van der Waals surface area contributed by atoms with Gasteiger partial charge in [0.05, 0.1) is 30.8 Å². The predicted octanol–water partition coefficient (Wildman–Crippen LogP) is 0.193. The van der Waals surface area contributed by atoms with Crippen molar-refractivity contribution in [2.75, 3.05) is 33.0 Å². The van der Waals surface area contributed by atoms with Gasteiger partial charge in [0.2, 0.25) is 0 Å².